The van der Waals surface area contributed by atoms with Crippen LogP contribution in [0.2, 0.25) is 0 Å². The van der Waals surface area contributed by atoms with E-state index in [0.717, 1.165) is 28.7 Å². The van der Waals surface area contributed by atoms with E-state index < -0.39 is 11.6 Å². The van der Waals surface area contributed by atoms with Gasteiger partial charge in [-0.3, -0.25) is 9.59 Å². The summed E-state index contributed by atoms with van der Waals surface area (Å²) in [6.45, 7) is 13.1. The van der Waals surface area contributed by atoms with Gasteiger partial charge >= 0.3 is 21.1 Å². The average Bonchev–Trinajstić information content (AvgIpc) is 3.31. The minimum Gasteiger partial charge on any atom is -0.683 e. The maximum absolute atomic E-state index is 12.6. The van der Waals surface area contributed by atoms with Gasteiger partial charge in [0.25, 0.3) is 0 Å². The molecule has 1 aromatic heterocycles. The molecule has 2 aromatic carbocycles. The molecular formula is C26H34N2O2W. The molecule has 1 aliphatic heterocycles. The largest absolute Gasteiger partial charge is 2.00 e. The minimum absolute atomic E-state index is 0. The van der Waals surface area contributed by atoms with Crippen molar-refractivity contribution in [3.63, 3.8) is 0 Å². The number of ketones is 2. The summed E-state index contributed by atoms with van der Waals surface area (Å²) >= 11 is 0. The van der Waals surface area contributed by atoms with Gasteiger partial charge < -0.3 is 17.7 Å². The Morgan fingerprint density at radius 2 is 1.68 bits per heavy atom. The van der Waals surface area contributed by atoms with Gasteiger partial charge in [-0.25, -0.2) is 0 Å². The molecule has 0 radical (unpaired) electrons. The number of nitrogens with one attached hydrogen (secondary N) is 1. The number of carbonyl (C=O) groups excluding carboxylic acids is 2. The zero-order chi connectivity index (χ0) is 21.6. The number of carbonyl (C=O) groups is 2. The summed E-state index contributed by atoms with van der Waals surface area (Å²) in [6, 6.07) is 13.4. The molecule has 5 heteroatoms. The summed E-state index contributed by atoms with van der Waals surface area (Å²) < 4.78 is 0. The molecule has 0 saturated carbocycles. The van der Waals surface area contributed by atoms with Gasteiger partial charge in [-0.15, -0.1) is 12.2 Å². The van der Waals surface area contributed by atoms with Crippen molar-refractivity contribution in [3.8, 4) is 0 Å². The summed E-state index contributed by atoms with van der Waals surface area (Å²) in [5, 5.41) is 5.34. The average molecular weight is 590 g/mol. The fourth-order valence-corrected chi connectivity index (χ4v) is 3.43. The van der Waals surface area contributed by atoms with Gasteiger partial charge in [0.15, 0.2) is 0 Å². The van der Waals surface area contributed by atoms with E-state index in [4.69, 9.17) is 0 Å². The van der Waals surface area contributed by atoms with E-state index in [2.05, 4.69) is 24.1 Å². The van der Waals surface area contributed by atoms with Gasteiger partial charge in [-0.05, 0) is 17.0 Å². The van der Waals surface area contributed by atoms with Gasteiger partial charge in [0.1, 0.15) is 0 Å². The second-order valence-electron chi connectivity index (χ2n) is 7.23. The molecule has 166 valence electrons. The first kappa shape index (κ1) is 28.8. The Morgan fingerprint density at radius 3 is 2.35 bits per heavy atom. The standard InChI is InChI=1S/C21H19N2O2.2C2H6.CH3.W/c1-21(2)12-23-18-9-13(7-8-16(18)21)10-19(24)20(25)15-11-22-17-6-4-3-5-14(15)17;2*1-2;;/h3-9,11H,10,12H2,1-2H3,(H,22,25);2*1-2H3;1H3;/q-1;;;-1;+2. The topological polar surface area (TPSA) is 64.0 Å². The smallest absolute Gasteiger partial charge is 0.683 e. The number of Topliss-reactive ketones (excluding diaryl/α,β-unsaturated/α-hetero) is 2. The quantitative estimate of drug-likeness (QED) is 0.203. The summed E-state index contributed by atoms with van der Waals surface area (Å²) in [7, 11) is 0. The van der Waals surface area contributed by atoms with Crippen LogP contribution in [0, 0.1) is 7.43 Å². The number of fused-ring (bicyclic) bond motifs is 2. The summed E-state index contributed by atoms with van der Waals surface area (Å²) in [5.74, 6) is -0.850. The maximum Gasteiger partial charge on any atom is 2.00 e. The normalized spacial score (nSPS) is 12.5. The second-order valence-corrected chi connectivity index (χ2v) is 7.23. The zero-order valence-electron chi connectivity index (χ0n) is 19.7. The summed E-state index contributed by atoms with van der Waals surface area (Å²) in [4.78, 5) is 28.1. The van der Waals surface area contributed by atoms with Crippen LogP contribution in [-0.4, -0.2) is 23.1 Å². The predicted molar refractivity (Wildman–Crippen MR) is 128 cm³/mol. The number of benzene rings is 2. The molecule has 1 aliphatic rings. The fourth-order valence-electron chi connectivity index (χ4n) is 3.43. The third-order valence-corrected chi connectivity index (χ3v) is 4.89. The van der Waals surface area contributed by atoms with Gasteiger partial charge in [0.05, 0.1) is 5.56 Å². The molecule has 4 rings (SSSR count). The Hall–Kier alpha value is -2.19. The van der Waals surface area contributed by atoms with E-state index in [1.807, 2.05) is 70.2 Å². The first-order valence-corrected chi connectivity index (χ1v) is 10.4. The van der Waals surface area contributed by atoms with Crippen LogP contribution in [-0.2, 0) is 37.7 Å². The Morgan fingerprint density at radius 1 is 1.03 bits per heavy atom. The molecule has 0 spiro atoms. The molecule has 0 bridgehead atoms. The van der Waals surface area contributed by atoms with E-state index >= 15 is 0 Å². The van der Waals surface area contributed by atoms with Crippen molar-refractivity contribution in [2.75, 3.05) is 6.54 Å². The fraction of sp³-hybridized carbons (Fsp3) is 0.346. The first-order valence-electron chi connectivity index (χ1n) is 10.4. The molecule has 1 N–H and O–H groups in total. The van der Waals surface area contributed by atoms with Gasteiger partial charge in [0.2, 0.25) is 11.6 Å². The van der Waals surface area contributed by atoms with Crippen LogP contribution in [0.15, 0.2) is 48.7 Å². The molecule has 31 heavy (non-hydrogen) atoms. The number of nitrogens with zero attached hydrogens (tertiary/aromatic N) is 1. The molecule has 0 amide bonds. The number of aromatic amines is 1. The van der Waals surface area contributed by atoms with Crippen LogP contribution < -0.4 is 0 Å². The van der Waals surface area contributed by atoms with Crippen molar-refractivity contribution in [1.29, 1.82) is 0 Å². The van der Waals surface area contributed by atoms with E-state index in [9.17, 15) is 9.59 Å². The molecule has 2 heterocycles. The van der Waals surface area contributed by atoms with Crippen molar-refractivity contribution >= 4 is 28.2 Å². The van der Waals surface area contributed by atoms with E-state index in [0.29, 0.717) is 5.56 Å². The van der Waals surface area contributed by atoms with Crippen molar-refractivity contribution < 1.29 is 30.7 Å². The number of H-pyrrole nitrogens is 1. The molecule has 0 saturated heterocycles. The van der Waals surface area contributed by atoms with Crippen LogP contribution in [0.3, 0.4) is 0 Å². The summed E-state index contributed by atoms with van der Waals surface area (Å²) in [5.41, 5.74) is 4.31. The van der Waals surface area contributed by atoms with Gasteiger partial charge in [-0.1, -0.05) is 83.5 Å². The molecule has 0 fully saturated rings. The third-order valence-electron chi connectivity index (χ3n) is 4.89. The van der Waals surface area contributed by atoms with Gasteiger partial charge in [0, 0.05) is 23.5 Å². The van der Waals surface area contributed by atoms with Crippen molar-refractivity contribution in [2.24, 2.45) is 0 Å². The predicted octanol–water partition coefficient (Wildman–Crippen LogP) is 6.96. The minimum atomic E-state index is -0.449. The Bertz CT molecular complexity index is 1010. The van der Waals surface area contributed by atoms with E-state index in [1.54, 1.807) is 6.20 Å². The SMILES string of the molecule is CC.CC.CC1(C)C[N-]c2cc(CC(=O)C(=O)c3c[nH]c4ccccc34)ccc21.[CH3-].[W+2]. The first-order chi connectivity index (χ1) is 14.0. The Labute approximate surface area is 201 Å². The van der Waals surface area contributed by atoms with Crippen molar-refractivity contribution in [2.45, 2.75) is 53.4 Å². The number of hydrogen-bond acceptors (Lipinski definition) is 2. The molecular weight excluding hydrogens is 556 g/mol. The Balaban J connectivity index is 0.00000142. The third kappa shape index (κ3) is 6.17. The number of para-hydroxylation sites is 1. The Kier molecular flexibility index (Phi) is 11.7. The van der Waals surface area contributed by atoms with Crippen LogP contribution >= 0.6 is 0 Å². The van der Waals surface area contributed by atoms with Crippen LogP contribution in [0.4, 0.5) is 5.69 Å². The molecule has 4 nitrogen and oxygen atoms in total. The van der Waals surface area contributed by atoms with E-state index in [1.165, 1.54) is 5.56 Å². The van der Waals surface area contributed by atoms with Crippen molar-refractivity contribution in [1.82, 2.24) is 4.98 Å². The zero-order valence-corrected chi connectivity index (χ0v) is 22.6. The maximum atomic E-state index is 12.6. The van der Waals surface area contributed by atoms with Crippen LogP contribution in [0.5, 0.6) is 0 Å². The van der Waals surface area contributed by atoms with Crippen LogP contribution in [0.25, 0.3) is 16.2 Å². The van der Waals surface area contributed by atoms with Gasteiger partial charge in [-0.2, -0.15) is 0 Å². The number of rotatable bonds is 4. The monoisotopic (exact) mass is 590 g/mol. The van der Waals surface area contributed by atoms with Crippen LogP contribution in [0.1, 0.15) is 63.0 Å². The molecule has 3 aromatic rings. The second kappa shape index (κ2) is 12.6. The molecule has 0 unspecified atom stereocenters. The van der Waals surface area contributed by atoms with Crippen molar-refractivity contribution in [3.05, 3.63) is 78.1 Å². The van der Waals surface area contributed by atoms with E-state index in [-0.39, 0.29) is 40.3 Å². The number of hydrogen-bond donors (Lipinski definition) is 1. The number of aromatic nitrogens is 1. The summed E-state index contributed by atoms with van der Waals surface area (Å²) in [6.07, 6.45) is 1.72. The molecule has 0 atom stereocenters. The molecule has 0 aliphatic carbocycles.